The van der Waals surface area contributed by atoms with Crippen LogP contribution in [-0.2, 0) is 0 Å². The molecular formula is C17H16N2O. The van der Waals surface area contributed by atoms with Crippen LogP contribution >= 0.6 is 0 Å². The Morgan fingerprint density at radius 2 is 1.65 bits per heavy atom. The van der Waals surface area contributed by atoms with E-state index < -0.39 is 0 Å². The van der Waals surface area contributed by atoms with Gasteiger partial charge in [0, 0.05) is 5.56 Å². The van der Waals surface area contributed by atoms with Gasteiger partial charge in [-0.05, 0) is 25.5 Å². The highest BCUT2D eigenvalue weighted by Gasteiger charge is 2.11. The molecule has 1 aromatic heterocycles. The molecule has 1 N–H and O–H groups in total. The Morgan fingerprint density at radius 1 is 0.950 bits per heavy atom. The number of para-hydroxylation sites is 1. The molecule has 0 radical (unpaired) electrons. The molecule has 0 aliphatic heterocycles. The first-order valence-electron chi connectivity index (χ1n) is 6.57. The summed E-state index contributed by atoms with van der Waals surface area (Å²) in [5.41, 5.74) is 4.80. The van der Waals surface area contributed by atoms with Crippen molar-refractivity contribution in [3.63, 3.8) is 0 Å². The van der Waals surface area contributed by atoms with Crippen LogP contribution in [0.15, 0.2) is 54.7 Å². The summed E-state index contributed by atoms with van der Waals surface area (Å²) < 4.78 is 1.72. The van der Waals surface area contributed by atoms with E-state index in [0.717, 1.165) is 16.8 Å². The minimum Gasteiger partial charge on any atom is -0.504 e. The third kappa shape index (κ3) is 2.18. The van der Waals surface area contributed by atoms with E-state index in [4.69, 9.17) is 0 Å². The van der Waals surface area contributed by atoms with E-state index in [1.807, 2.05) is 62.4 Å². The van der Waals surface area contributed by atoms with Gasteiger partial charge in [0.2, 0.25) is 0 Å². The predicted molar refractivity (Wildman–Crippen MR) is 80.1 cm³/mol. The lowest BCUT2D eigenvalue weighted by Crippen LogP contribution is -1.97. The van der Waals surface area contributed by atoms with E-state index in [0.29, 0.717) is 5.69 Å². The lowest BCUT2D eigenvalue weighted by Gasteiger charge is -2.04. The first kappa shape index (κ1) is 12.5. The summed E-state index contributed by atoms with van der Waals surface area (Å²) in [6, 6.07) is 15.9. The third-order valence-electron chi connectivity index (χ3n) is 3.38. The Morgan fingerprint density at radius 3 is 2.35 bits per heavy atom. The molecule has 0 saturated carbocycles. The molecule has 0 amide bonds. The van der Waals surface area contributed by atoms with E-state index in [9.17, 15) is 5.11 Å². The molecule has 0 saturated heterocycles. The van der Waals surface area contributed by atoms with E-state index in [1.165, 1.54) is 5.56 Å². The molecule has 0 bridgehead atoms. The minimum atomic E-state index is 0.192. The lowest BCUT2D eigenvalue weighted by molar-refractivity contribution is 0.477. The van der Waals surface area contributed by atoms with Crippen molar-refractivity contribution in [2.45, 2.75) is 13.8 Å². The van der Waals surface area contributed by atoms with Gasteiger partial charge in [-0.3, -0.25) is 0 Å². The van der Waals surface area contributed by atoms with E-state index >= 15 is 0 Å². The molecule has 0 aliphatic carbocycles. The fourth-order valence-corrected chi connectivity index (χ4v) is 2.23. The van der Waals surface area contributed by atoms with Crippen LogP contribution in [0.25, 0.3) is 16.9 Å². The van der Waals surface area contributed by atoms with E-state index in [1.54, 1.807) is 10.9 Å². The van der Waals surface area contributed by atoms with Gasteiger partial charge in [0.1, 0.15) is 5.69 Å². The molecule has 3 rings (SSSR count). The molecule has 3 aromatic rings. The lowest BCUT2D eigenvalue weighted by atomic mass is 10.1. The normalized spacial score (nSPS) is 10.7. The SMILES string of the molecule is Cc1ccc(-c2nn(-c3ccccc3C)cc2O)cc1. The molecule has 0 aliphatic rings. The van der Waals surface area contributed by atoms with Gasteiger partial charge < -0.3 is 5.11 Å². The summed E-state index contributed by atoms with van der Waals surface area (Å²) in [5.74, 6) is 0.192. The van der Waals surface area contributed by atoms with Gasteiger partial charge >= 0.3 is 0 Å². The molecule has 3 nitrogen and oxygen atoms in total. The van der Waals surface area contributed by atoms with Crippen molar-refractivity contribution < 1.29 is 5.11 Å². The minimum absolute atomic E-state index is 0.192. The monoisotopic (exact) mass is 264 g/mol. The summed E-state index contributed by atoms with van der Waals surface area (Å²) >= 11 is 0. The maximum atomic E-state index is 10.1. The van der Waals surface area contributed by atoms with Gasteiger partial charge in [-0.25, -0.2) is 4.68 Å². The van der Waals surface area contributed by atoms with Gasteiger partial charge in [0.15, 0.2) is 5.75 Å². The van der Waals surface area contributed by atoms with Gasteiger partial charge in [-0.15, -0.1) is 0 Å². The average Bonchev–Trinajstić information content (AvgIpc) is 2.82. The fourth-order valence-electron chi connectivity index (χ4n) is 2.23. The number of aromatic hydroxyl groups is 1. The van der Waals surface area contributed by atoms with Crippen molar-refractivity contribution in [2.24, 2.45) is 0 Å². The van der Waals surface area contributed by atoms with Crippen LogP contribution in [0, 0.1) is 13.8 Å². The fraction of sp³-hybridized carbons (Fsp3) is 0.118. The molecule has 0 fully saturated rings. The summed E-state index contributed by atoms with van der Waals surface area (Å²) in [6.07, 6.45) is 1.65. The number of rotatable bonds is 2. The second-order valence-corrected chi connectivity index (χ2v) is 4.96. The van der Waals surface area contributed by atoms with Crippen molar-refractivity contribution in [3.05, 3.63) is 65.9 Å². The van der Waals surface area contributed by atoms with Crippen molar-refractivity contribution in [3.8, 4) is 22.7 Å². The van der Waals surface area contributed by atoms with Gasteiger partial charge in [0.25, 0.3) is 0 Å². The number of aromatic nitrogens is 2. The van der Waals surface area contributed by atoms with Crippen LogP contribution in [0.1, 0.15) is 11.1 Å². The molecule has 1 heterocycles. The summed E-state index contributed by atoms with van der Waals surface area (Å²) in [5, 5.41) is 14.6. The molecule has 2 aromatic carbocycles. The quantitative estimate of drug-likeness (QED) is 0.763. The highest BCUT2D eigenvalue weighted by molar-refractivity contribution is 5.66. The van der Waals surface area contributed by atoms with Crippen molar-refractivity contribution in [1.29, 1.82) is 0 Å². The standard InChI is InChI=1S/C17H16N2O/c1-12-7-9-14(10-8-12)17-16(20)11-19(18-17)15-6-4-3-5-13(15)2/h3-11,20H,1-2H3. The maximum absolute atomic E-state index is 10.1. The van der Waals surface area contributed by atoms with Crippen LogP contribution in [-0.4, -0.2) is 14.9 Å². The molecular weight excluding hydrogens is 248 g/mol. The van der Waals surface area contributed by atoms with Crippen molar-refractivity contribution >= 4 is 0 Å². The van der Waals surface area contributed by atoms with Crippen LogP contribution in [0.5, 0.6) is 5.75 Å². The first-order chi connectivity index (χ1) is 9.65. The summed E-state index contributed by atoms with van der Waals surface area (Å²) in [6.45, 7) is 4.06. The Labute approximate surface area is 118 Å². The van der Waals surface area contributed by atoms with Crippen LogP contribution in [0.2, 0.25) is 0 Å². The largest absolute Gasteiger partial charge is 0.504 e. The Balaban J connectivity index is 2.08. The Bertz CT molecular complexity index is 742. The second kappa shape index (κ2) is 4.85. The van der Waals surface area contributed by atoms with Crippen molar-refractivity contribution in [2.75, 3.05) is 0 Å². The maximum Gasteiger partial charge on any atom is 0.162 e. The van der Waals surface area contributed by atoms with Gasteiger partial charge in [0.05, 0.1) is 11.9 Å². The number of benzene rings is 2. The van der Waals surface area contributed by atoms with Gasteiger partial charge in [-0.2, -0.15) is 5.10 Å². The highest BCUT2D eigenvalue weighted by atomic mass is 16.3. The molecule has 0 atom stereocenters. The Hall–Kier alpha value is -2.55. The zero-order chi connectivity index (χ0) is 14.1. The highest BCUT2D eigenvalue weighted by Crippen LogP contribution is 2.29. The number of hydrogen-bond donors (Lipinski definition) is 1. The number of hydrogen-bond acceptors (Lipinski definition) is 2. The average molecular weight is 264 g/mol. The molecule has 0 spiro atoms. The zero-order valence-electron chi connectivity index (χ0n) is 11.5. The van der Waals surface area contributed by atoms with Gasteiger partial charge in [-0.1, -0.05) is 48.0 Å². The van der Waals surface area contributed by atoms with Crippen molar-refractivity contribution in [1.82, 2.24) is 9.78 Å². The van der Waals surface area contributed by atoms with Crippen LogP contribution in [0.3, 0.4) is 0 Å². The first-order valence-corrected chi connectivity index (χ1v) is 6.57. The topological polar surface area (TPSA) is 38.0 Å². The van der Waals surface area contributed by atoms with E-state index in [-0.39, 0.29) is 5.75 Å². The Kier molecular flexibility index (Phi) is 3.03. The molecule has 3 heteroatoms. The molecule has 20 heavy (non-hydrogen) atoms. The number of aryl methyl sites for hydroxylation is 2. The summed E-state index contributed by atoms with van der Waals surface area (Å²) in [4.78, 5) is 0. The predicted octanol–water partition coefficient (Wildman–Crippen LogP) is 3.86. The summed E-state index contributed by atoms with van der Waals surface area (Å²) in [7, 11) is 0. The molecule has 0 unspecified atom stereocenters. The smallest absolute Gasteiger partial charge is 0.162 e. The van der Waals surface area contributed by atoms with Crippen LogP contribution in [0.4, 0.5) is 0 Å². The van der Waals surface area contributed by atoms with Crippen LogP contribution < -0.4 is 0 Å². The second-order valence-electron chi connectivity index (χ2n) is 4.96. The van der Waals surface area contributed by atoms with E-state index in [2.05, 4.69) is 5.10 Å². The zero-order valence-corrected chi connectivity index (χ0v) is 11.5. The third-order valence-corrected chi connectivity index (χ3v) is 3.38. The number of nitrogens with zero attached hydrogens (tertiary/aromatic N) is 2. The molecule has 100 valence electrons.